The molecular weight excluding hydrogens is 456 g/mol. The maximum absolute atomic E-state index is 13.2. The quantitative estimate of drug-likeness (QED) is 0.241. The summed E-state index contributed by atoms with van der Waals surface area (Å²) in [6, 6.07) is 7.95. The van der Waals surface area contributed by atoms with E-state index in [0.717, 1.165) is 5.39 Å². The molecular formula is C18H18N8O4S2. The van der Waals surface area contributed by atoms with Gasteiger partial charge in [-0.2, -0.15) is 5.10 Å². The van der Waals surface area contributed by atoms with Crippen molar-refractivity contribution >= 4 is 31.6 Å². The first-order valence-electron chi connectivity index (χ1n) is 9.67. The summed E-state index contributed by atoms with van der Waals surface area (Å²) in [4.78, 5) is -0.738. The van der Waals surface area contributed by atoms with E-state index in [0.29, 0.717) is 36.2 Å². The highest BCUT2D eigenvalue weighted by Crippen LogP contribution is 2.39. The lowest BCUT2D eigenvalue weighted by atomic mass is 9.97. The van der Waals surface area contributed by atoms with Crippen molar-refractivity contribution in [2.24, 2.45) is 0 Å². The minimum atomic E-state index is -4.14. The second-order valence-electron chi connectivity index (χ2n) is 7.29. The number of hydrogen-bond acceptors (Lipinski definition) is 9. The smallest absolute Gasteiger partial charge is 0.242 e. The predicted molar refractivity (Wildman–Crippen MR) is 115 cm³/mol. The van der Waals surface area contributed by atoms with Gasteiger partial charge in [0.2, 0.25) is 10.0 Å². The van der Waals surface area contributed by atoms with E-state index in [1.165, 1.54) is 6.07 Å². The fourth-order valence-corrected chi connectivity index (χ4v) is 6.55. The Morgan fingerprint density at radius 1 is 1.09 bits per heavy atom. The number of nitrogens with one attached hydrogen (secondary N) is 4. The van der Waals surface area contributed by atoms with Gasteiger partial charge in [-0.1, -0.05) is 24.3 Å². The fourth-order valence-electron chi connectivity index (χ4n) is 3.93. The summed E-state index contributed by atoms with van der Waals surface area (Å²) in [6.07, 6.45) is 2.25. The molecule has 4 N–H and O–H groups in total. The molecule has 0 spiro atoms. The molecule has 2 aromatic carbocycles. The Morgan fingerprint density at radius 2 is 1.97 bits per heavy atom. The molecule has 1 saturated heterocycles. The highest BCUT2D eigenvalue weighted by molar-refractivity contribution is 7.90. The number of benzene rings is 2. The van der Waals surface area contributed by atoms with Gasteiger partial charge in [0.25, 0.3) is 0 Å². The lowest BCUT2D eigenvalue weighted by molar-refractivity contribution is 0.556. The Morgan fingerprint density at radius 3 is 2.69 bits per heavy atom. The molecule has 0 radical (unpaired) electrons. The Labute approximate surface area is 183 Å². The maximum Gasteiger partial charge on any atom is 0.242 e. The molecule has 5 rings (SSSR count). The summed E-state index contributed by atoms with van der Waals surface area (Å²) in [6.45, 7) is 1.15. The van der Waals surface area contributed by atoms with Crippen LogP contribution in [0.2, 0.25) is 0 Å². The first-order chi connectivity index (χ1) is 15.5. The van der Waals surface area contributed by atoms with E-state index in [1.807, 2.05) is 6.07 Å². The van der Waals surface area contributed by atoms with Crippen LogP contribution in [-0.2, 0) is 20.7 Å². The van der Waals surface area contributed by atoms with Crippen molar-refractivity contribution < 1.29 is 16.8 Å². The van der Waals surface area contributed by atoms with Gasteiger partial charge < -0.3 is 5.32 Å². The van der Waals surface area contributed by atoms with E-state index in [-0.39, 0.29) is 27.2 Å². The van der Waals surface area contributed by atoms with Crippen molar-refractivity contribution in [3.63, 3.8) is 0 Å². The second-order valence-corrected chi connectivity index (χ2v) is 9.94. The number of nitrogens with zero attached hydrogens (tertiary/aromatic N) is 4. The zero-order valence-electron chi connectivity index (χ0n) is 16.4. The van der Waals surface area contributed by atoms with Crippen LogP contribution in [0, 0.1) is 0 Å². The van der Waals surface area contributed by atoms with E-state index < -0.39 is 20.7 Å². The molecule has 14 heteroatoms. The van der Waals surface area contributed by atoms with E-state index in [9.17, 15) is 16.8 Å². The van der Waals surface area contributed by atoms with Crippen LogP contribution >= 0.6 is 0 Å². The molecule has 12 nitrogen and oxygen atoms in total. The van der Waals surface area contributed by atoms with E-state index >= 15 is 0 Å². The van der Waals surface area contributed by atoms with Gasteiger partial charge in [0, 0.05) is 29.1 Å². The minimum absolute atomic E-state index is 0.0327. The molecule has 0 amide bonds. The number of thiol groups is 1. The van der Waals surface area contributed by atoms with Crippen molar-refractivity contribution in [1.82, 2.24) is 40.9 Å². The van der Waals surface area contributed by atoms with Crippen LogP contribution in [0.5, 0.6) is 0 Å². The van der Waals surface area contributed by atoms with Gasteiger partial charge in [-0.25, -0.2) is 26.7 Å². The number of sulfonamides is 1. The fraction of sp³-hybridized carbons (Fsp3) is 0.222. The largest absolute Gasteiger partial charge is 0.315 e. The molecule has 0 unspecified atom stereocenters. The maximum atomic E-state index is 13.2. The van der Waals surface area contributed by atoms with Crippen LogP contribution in [0.25, 0.3) is 33.4 Å². The molecule has 0 bridgehead atoms. The predicted octanol–water partition coefficient (Wildman–Crippen LogP) is 0.0205. The number of H-pyrrole nitrogens is 2. The molecule has 4 aromatic rings. The Kier molecular flexibility index (Phi) is 5.21. The third kappa shape index (κ3) is 3.56. The number of aromatic nitrogens is 6. The molecule has 1 aliphatic rings. The summed E-state index contributed by atoms with van der Waals surface area (Å²) >= 11 is 0. The summed E-state index contributed by atoms with van der Waals surface area (Å²) < 4.78 is 53.8. The van der Waals surface area contributed by atoms with Gasteiger partial charge in [-0.15, -0.1) is 5.10 Å². The third-order valence-electron chi connectivity index (χ3n) is 5.34. The molecule has 0 saturated carbocycles. The molecule has 0 aliphatic carbocycles. The number of tetrazole rings is 1. The van der Waals surface area contributed by atoms with Crippen LogP contribution in [-0.4, -0.2) is 66.8 Å². The SMILES string of the molecule is O=[SH](=O)c1c(S(=O)(=O)N[C@@H]2CCNC2)ccc(-c2cccc3cn[nH]c23)c1-c1nnn[nH]1. The lowest BCUT2D eigenvalue weighted by Crippen LogP contribution is -2.36. The zero-order valence-corrected chi connectivity index (χ0v) is 18.2. The van der Waals surface area contributed by atoms with Crippen molar-refractivity contribution in [2.75, 3.05) is 13.1 Å². The Balaban J connectivity index is 1.79. The van der Waals surface area contributed by atoms with Gasteiger partial charge in [-0.05, 0) is 35.0 Å². The first-order valence-corrected chi connectivity index (χ1v) is 12.3. The molecule has 32 heavy (non-hydrogen) atoms. The number of para-hydroxylation sites is 1. The summed E-state index contributed by atoms with van der Waals surface area (Å²) in [5.74, 6) is 0.0327. The summed E-state index contributed by atoms with van der Waals surface area (Å²) in [5, 5.41) is 24.4. The van der Waals surface area contributed by atoms with Gasteiger partial charge in [0.1, 0.15) is 4.90 Å². The Hall–Kier alpha value is -3.20. The number of fused-ring (bicyclic) bond motifs is 1. The molecule has 1 atom stereocenters. The summed E-state index contributed by atoms with van der Waals surface area (Å²) in [5.41, 5.74) is 1.80. The van der Waals surface area contributed by atoms with Crippen LogP contribution in [0.4, 0.5) is 0 Å². The standard InChI is InChI=1S/C18H18N8O4S2/c27-31(28)17-14(32(29,30)24-11-6-7-19-9-11)5-4-12(15(17)18-22-25-26-23-18)13-3-1-2-10-8-20-21-16(10)13/h1-5,8,11,19,24,31H,6-7,9H2,(H,20,21)(H,22,23,25,26)/t11-/m1/s1. The van der Waals surface area contributed by atoms with E-state index in [1.54, 1.807) is 24.4 Å². The monoisotopic (exact) mass is 474 g/mol. The van der Waals surface area contributed by atoms with Gasteiger partial charge in [0.05, 0.1) is 16.6 Å². The van der Waals surface area contributed by atoms with Crippen molar-refractivity contribution in [3.8, 4) is 22.5 Å². The first kappa shape index (κ1) is 20.7. The third-order valence-corrected chi connectivity index (χ3v) is 7.89. The molecule has 166 valence electrons. The van der Waals surface area contributed by atoms with Crippen LogP contribution in [0.1, 0.15) is 6.42 Å². The number of aromatic amines is 2. The number of hydrogen-bond donors (Lipinski definition) is 5. The van der Waals surface area contributed by atoms with Gasteiger partial charge in [0.15, 0.2) is 16.5 Å². The van der Waals surface area contributed by atoms with E-state index in [4.69, 9.17) is 0 Å². The van der Waals surface area contributed by atoms with Gasteiger partial charge >= 0.3 is 0 Å². The van der Waals surface area contributed by atoms with Crippen molar-refractivity contribution in [2.45, 2.75) is 22.3 Å². The average molecular weight is 475 g/mol. The topological polar surface area (TPSA) is 175 Å². The highest BCUT2D eigenvalue weighted by Gasteiger charge is 2.30. The van der Waals surface area contributed by atoms with E-state index in [2.05, 4.69) is 40.9 Å². The van der Waals surface area contributed by atoms with Crippen LogP contribution in [0.3, 0.4) is 0 Å². The summed E-state index contributed by atoms with van der Waals surface area (Å²) in [7, 11) is -7.48. The highest BCUT2D eigenvalue weighted by atomic mass is 32.2. The average Bonchev–Trinajstić information content (AvgIpc) is 3.54. The molecule has 1 fully saturated rings. The normalized spacial score (nSPS) is 16.8. The zero-order chi connectivity index (χ0) is 22.3. The molecule has 2 aromatic heterocycles. The van der Waals surface area contributed by atoms with Crippen LogP contribution < -0.4 is 10.0 Å². The van der Waals surface area contributed by atoms with Gasteiger partial charge in [-0.3, -0.25) is 5.10 Å². The second kappa shape index (κ2) is 8.05. The molecule has 3 heterocycles. The van der Waals surface area contributed by atoms with Crippen molar-refractivity contribution in [1.29, 1.82) is 0 Å². The lowest BCUT2D eigenvalue weighted by Gasteiger charge is -2.17. The van der Waals surface area contributed by atoms with Crippen LogP contribution in [0.15, 0.2) is 46.3 Å². The Bertz CT molecular complexity index is 1460. The molecule has 1 aliphatic heterocycles. The number of rotatable bonds is 6. The minimum Gasteiger partial charge on any atom is -0.315 e. The van der Waals surface area contributed by atoms with Crippen molar-refractivity contribution in [3.05, 3.63) is 36.5 Å².